The van der Waals surface area contributed by atoms with Gasteiger partial charge in [0.25, 0.3) is 0 Å². The van der Waals surface area contributed by atoms with Crippen LogP contribution in [0.1, 0.15) is 50.1 Å². The summed E-state index contributed by atoms with van der Waals surface area (Å²) in [4.78, 5) is 19.2. The van der Waals surface area contributed by atoms with Crippen molar-refractivity contribution in [2.24, 2.45) is 7.05 Å². The van der Waals surface area contributed by atoms with E-state index in [0.717, 1.165) is 61.4 Å². The lowest BCUT2D eigenvalue weighted by Crippen LogP contribution is -2.41. The van der Waals surface area contributed by atoms with Crippen LogP contribution in [0.2, 0.25) is 0 Å². The van der Waals surface area contributed by atoms with Gasteiger partial charge >= 0.3 is 6.09 Å². The molecule has 1 fully saturated rings. The van der Waals surface area contributed by atoms with Crippen LogP contribution in [-0.2, 0) is 11.8 Å². The van der Waals surface area contributed by atoms with Crippen molar-refractivity contribution < 1.29 is 14.3 Å². The second-order valence-corrected chi connectivity index (χ2v) is 11.4. The monoisotopic (exact) mass is 492 g/mol. The highest BCUT2D eigenvalue weighted by molar-refractivity contribution is 7.18. The summed E-state index contributed by atoms with van der Waals surface area (Å²) in [7, 11) is 3.65. The number of hydrogen-bond donors (Lipinski definition) is 0. The molecular weight excluding hydrogens is 460 g/mol. The number of carbonyl (C=O) groups is 1. The predicted molar refractivity (Wildman–Crippen MR) is 140 cm³/mol. The molecule has 184 valence electrons. The van der Waals surface area contributed by atoms with Gasteiger partial charge in [0, 0.05) is 37.6 Å². The second kappa shape index (κ2) is 8.82. The fraction of sp³-hybridized carbons (Fsp3) is 0.444. The molecule has 5 rings (SSSR count). The summed E-state index contributed by atoms with van der Waals surface area (Å²) < 4.78 is 14.3. The maximum absolute atomic E-state index is 12.4. The van der Waals surface area contributed by atoms with Gasteiger partial charge in [-0.15, -0.1) is 11.3 Å². The van der Waals surface area contributed by atoms with Crippen molar-refractivity contribution in [2.75, 3.05) is 20.2 Å². The van der Waals surface area contributed by atoms with Crippen molar-refractivity contribution in [1.82, 2.24) is 19.7 Å². The molecule has 0 N–H and O–H groups in total. The maximum atomic E-state index is 12.4. The molecule has 1 aliphatic rings. The zero-order chi connectivity index (χ0) is 24.9. The van der Waals surface area contributed by atoms with Crippen LogP contribution in [-0.4, -0.2) is 51.6 Å². The Balaban J connectivity index is 1.42. The van der Waals surface area contributed by atoms with E-state index in [1.165, 1.54) is 0 Å². The minimum absolute atomic E-state index is 0.229. The number of benzene rings is 2. The Kier molecular flexibility index (Phi) is 5.95. The Morgan fingerprint density at radius 3 is 2.49 bits per heavy atom. The molecule has 0 radical (unpaired) electrons. The minimum atomic E-state index is -0.477. The molecule has 0 spiro atoms. The molecule has 1 amide bonds. The number of nitrogens with zero attached hydrogens (tertiary/aromatic N) is 4. The number of fused-ring (bicyclic) bond motifs is 2. The Bertz CT molecular complexity index is 1410. The molecule has 3 heterocycles. The molecule has 35 heavy (non-hydrogen) atoms. The average Bonchev–Trinajstić information content (AvgIpc) is 3.40. The molecule has 1 saturated heterocycles. The van der Waals surface area contributed by atoms with Crippen LogP contribution in [0.5, 0.6) is 5.75 Å². The second-order valence-electron chi connectivity index (χ2n) is 10.4. The first kappa shape index (κ1) is 23.6. The molecule has 2 aromatic heterocycles. The van der Waals surface area contributed by atoms with Crippen LogP contribution in [0, 0.1) is 6.92 Å². The van der Waals surface area contributed by atoms with Crippen molar-refractivity contribution in [3.63, 3.8) is 0 Å². The van der Waals surface area contributed by atoms with E-state index in [1.807, 2.05) is 37.4 Å². The van der Waals surface area contributed by atoms with Gasteiger partial charge in [-0.3, -0.25) is 4.68 Å². The van der Waals surface area contributed by atoms with Gasteiger partial charge in [-0.25, -0.2) is 9.78 Å². The number of thiazole rings is 1. The van der Waals surface area contributed by atoms with Gasteiger partial charge < -0.3 is 14.4 Å². The number of carbonyl (C=O) groups excluding carboxylic acids is 1. The number of ether oxygens (including phenoxy) is 2. The van der Waals surface area contributed by atoms with Crippen LogP contribution in [0.3, 0.4) is 0 Å². The zero-order valence-electron chi connectivity index (χ0n) is 21.2. The summed E-state index contributed by atoms with van der Waals surface area (Å²) in [5, 5.41) is 6.81. The summed E-state index contributed by atoms with van der Waals surface area (Å²) in [6.07, 6.45) is 3.58. The molecule has 8 heteroatoms. The van der Waals surface area contributed by atoms with Gasteiger partial charge in [-0.2, -0.15) is 5.10 Å². The van der Waals surface area contributed by atoms with Crippen LogP contribution in [0.25, 0.3) is 32.2 Å². The fourth-order valence-corrected chi connectivity index (χ4v) is 5.94. The van der Waals surface area contributed by atoms with Gasteiger partial charge in [0.05, 0.1) is 22.3 Å². The highest BCUT2D eigenvalue weighted by atomic mass is 32.1. The van der Waals surface area contributed by atoms with E-state index in [-0.39, 0.29) is 6.09 Å². The van der Waals surface area contributed by atoms with Crippen LogP contribution >= 0.6 is 11.3 Å². The molecule has 1 aliphatic heterocycles. The average molecular weight is 493 g/mol. The summed E-state index contributed by atoms with van der Waals surface area (Å²) in [6, 6.07) is 8.66. The lowest BCUT2D eigenvalue weighted by Gasteiger charge is -2.32. The molecule has 0 atom stereocenters. The van der Waals surface area contributed by atoms with Gasteiger partial charge in [-0.05, 0) is 81.5 Å². The number of methoxy groups -OCH3 is 1. The number of aryl methyl sites for hydroxylation is 2. The number of hydrogen-bond acceptors (Lipinski definition) is 6. The molecule has 2 aromatic carbocycles. The number of rotatable bonds is 3. The highest BCUT2D eigenvalue weighted by Crippen LogP contribution is 2.40. The number of aromatic nitrogens is 3. The third-order valence-electron chi connectivity index (χ3n) is 6.44. The van der Waals surface area contributed by atoms with Gasteiger partial charge in [0.1, 0.15) is 16.9 Å². The summed E-state index contributed by atoms with van der Waals surface area (Å²) in [5.74, 6) is 1.11. The Labute approximate surface area is 209 Å². The summed E-state index contributed by atoms with van der Waals surface area (Å²) >= 11 is 1.73. The van der Waals surface area contributed by atoms with Crippen LogP contribution in [0.15, 0.2) is 30.5 Å². The van der Waals surface area contributed by atoms with E-state index in [1.54, 1.807) is 18.4 Å². The summed E-state index contributed by atoms with van der Waals surface area (Å²) in [6.45, 7) is 9.16. The normalized spacial score (nSPS) is 15.2. The van der Waals surface area contributed by atoms with Crippen molar-refractivity contribution >= 4 is 38.5 Å². The molecule has 4 aromatic rings. The first-order valence-corrected chi connectivity index (χ1v) is 12.8. The van der Waals surface area contributed by atoms with Crippen molar-refractivity contribution in [3.05, 3.63) is 41.0 Å². The predicted octanol–water partition coefficient (Wildman–Crippen LogP) is 6.28. The molecule has 0 unspecified atom stereocenters. The van der Waals surface area contributed by atoms with E-state index in [9.17, 15) is 4.79 Å². The number of piperidine rings is 1. The zero-order valence-corrected chi connectivity index (χ0v) is 22.0. The van der Waals surface area contributed by atoms with Crippen molar-refractivity contribution in [1.29, 1.82) is 0 Å². The summed E-state index contributed by atoms with van der Waals surface area (Å²) in [5.41, 5.74) is 4.86. The Hall–Kier alpha value is -3.13. The molecule has 0 aliphatic carbocycles. The number of likely N-dealkylation sites (tertiary alicyclic amines) is 1. The van der Waals surface area contributed by atoms with E-state index in [0.29, 0.717) is 19.0 Å². The van der Waals surface area contributed by atoms with Crippen molar-refractivity contribution in [3.8, 4) is 16.9 Å². The SMILES string of the molecule is COc1cc(-c2cc(C)c3nn(C)cc3c2)cc2sc(C3CCN(C(=O)OC(C)(C)C)CC3)nc12. The third kappa shape index (κ3) is 4.72. The van der Waals surface area contributed by atoms with Crippen molar-refractivity contribution in [2.45, 2.75) is 52.1 Å². The minimum Gasteiger partial charge on any atom is -0.494 e. The quantitative estimate of drug-likeness (QED) is 0.337. The largest absolute Gasteiger partial charge is 0.494 e. The molecule has 7 nitrogen and oxygen atoms in total. The van der Waals surface area contributed by atoms with E-state index >= 15 is 0 Å². The number of amides is 1. The third-order valence-corrected chi connectivity index (χ3v) is 7.60. The van der Waals surface area contributed by atoms with E-state index in [4.69, 9.17) is 14.5 Å². The van der Waals surface area contributed by atoms with Gasteiger partial charge in [0.2, 0.25) is 0 Å². The Morgan fingerprint density at radius 1 is 1.09 bits per heavy atom. The molecule has 0 bridgehead atoms. The molecular formula is C27H32N4O3S. The van der Waals surface area contributed by atoms with E-state index in [2.05, 4.69) is 42.5 Å². The van der Waals surface area contributed by atoms with Gasteiger partial charge in [-0.1, -0.05) is 0 Å². The lowest BCUT2D eigenvalue weighted by atomic mass is 9.98. The lowest BCUT2D eigenvalue weighted by molar-refractivity contribution is 0.0205. The first-order chi connectivity index (χ1) is 16.6. The maximum Gasteiger partial charge on any atom is 0.410 e. The smallest absolute Gasteiger partial charge is 0.410 e. The first-order valence-electron chi connectivity index (χ1n) is 12.0. The van der Waals surface area contributed by atoms with Crippen LogP contribution < -0.4 is 4.74 Å². The fourth-order valence-electron chi connectivity index (χ4n) is 4.74. The highest BCUT2D eigenvalue weighted by Gasteiger charge is 2.29. The topological polar surface area (TPSA) is 69.5 Å². The molecule has 0 saturated carbocycles. The van der Waals surface area contributed by atoms with E-state index < -0.39 is 5.60 Å². The van der Waals surface area contributed by atoms with Gasteiger partial charge in [0.15, 0.2) is 0 Å². The Morgan fingerprint density at radius 2 is 1.80 bits per heavy atom. The standard InChI is InChI=1S/C27H32N4O3S/c1-16-11-18(12-20-15-30(5)29-23(16)20)19-13-21(33-6)24-22(14-19)35-25(28-24)17-7-9-31(10-8-17)26(32)34-27(2,3)4/h11-15,17H,7-10H2,1-6H3. The van der Waals surface area contributed by atoms with Crippen LogP contribution in [0.4, 0.5) is 4.79 Å².